The lowest BCUT2D eigenvalue weighted by atomic mass is 10.1. The number of rotatable bonds is 9. The van der Waals surface area contributed by atoms with Gasteiger partial charge in [0, 0.05) is 19.7 Å². The van der Waals surface area contributed by atoms with E-state index in [1.54, 1.807) is 31.2 Å². The maximum absolute atomic E-state index is 13.8. The van der Waals surface area contributed by atoms with Crippen LogP contribution in [0.4, 0.5) is 4.39 Å². The number of aromatic nitrogens is 3. The van der Waals surface area contributed by atoms with Crippen molar-refractivity contribution in [1.29, 1.82) is 0 Å². The monoisotopic (exact) mass is 505 g/mol. The van der Waals surface area contributed by atoms with Gasteiger partial charge >= 0.3 is 0 Å². The first-order chi connectivity index (χ1) is 18.0. The third-order valence-electron chi connectivity index (χ3n) is 6.41. The number of fused-ring (bicyclic) bond motifs is 1. The van der Waals surface area contributed by atoms with E-state index in [1.807, 2.05) is 24.3 Å². The van der Waals surface area contributed by atoms with Gasteiger partial charge in [-0.05, 0) is 61.7 Å². The predicted octanol–water partition coefficient (Wildman–Crippen LogP) is 3.54. The van der Waals surface area contributed by atoms with E-state index < -0.39 is 6.04 Å². The highest BCUT2D eigenvalue weighted by Gasteiger charge is 2.35. The molecule has 5 rings (SSSR count). The van der Waals surface area contributed by atoms with Crippen LogP contribution in [0.3, 0.4) is 0 Å². The molecular formula is C27H28FN5O4. The molecule has 0 radical (unpaired) electrons. The SMILES string of the molecule is Cc1ccc([C@@H](C(=O)NC[C@@H]2CCCO2)N(Cc2ccc(F)cc2)C(=O)Cn2nnc3ccccc32)o1. The van der Waals surface area contributed by atoms with Gasteiger partial charge in [-0.3, -0.25) is 9.59 Å². The van der Waals surface area contributed by atoms with Gasteiger partial charge in [0.15, 0.2) is 6.04 Å². The summed E-state index contributed by atoms with van der Waals surface area (Å²) in [6.07, 6.45) is 1.75. The normalized spacial score (nSPS) is 16.1. The van der Waals surface area contributed by atoms with Gasteiger partial charge in [-0.2, -0.15) is 0 Å². The van der Waals surface area contributed by atoms with Gasteiger partial charge in [-0.1, -0.05) is 29.5 Å². The average molecular weight is 506 g/mol. The zero-order valence-corrected chi connectivity index (χ0v) is 20.5. The van der Waals surface area contributed by atoms with Crippen molar-refractivity contribution in [2.24, 2.45) is 0 Å². The Morgan fingerprint density at radius 1 is 1.16 bits per heavy atom. The summed E-state index contributed by atoms with van der Waals surface area (Å²) in [4.78, 5) is 28.9. The smallest absolute Gasteiger partial charge is 0.250 e. The first-order valence-corrected chi connectivity index (χ1v) is 12.3. The molecule has 2 atom stereocenters. The van der Waals surface area contributed by atoms with Crippen LogP contribution in [0.5, 0.6) is 0 Å². The summed E-state index contributed by atoms with van der Waals surface area (Å²) in [5.41, 5.74) is 2.03. The van der Waals surface area contributed by atoms with Crippen molar-refractivity contribution >= 4 is 22.8 Å². The molecule has 1 N–H and O–H groups in total. The van der Waals surface area contributed by atoms with E-state index in [-0.39, 0.29) is 36.8 Å². The molecule has 0 saturated carbocycles. The highest BCUT2D eigenvalue weighted by Crippen LogP contribution is 2.27. The van der Waals surface area contributed by atoms with E-state index in [0.717, 1.165) is 12.8 Å². The Bertz CT molecular complexity index is 1380. The number of furan rings is 1. The third kappa shape index (κ3) is 5.69. The van der Waals surface area contributed by atoms with Crippen molar-refractivity contribution in [2.45, 2.75) is 45.0 Å². The van der Waals surface area contributed by atoms with Gasteiger partial charge in [-0.15, -0.1) is 5.10 Å². The summed E-state index contributed by atoms with van der Waals surface area (Å²) < 4.78 is 26.6. The van der Waals surface area contributed by atoms with Gasteiger partial charge in [0.2, 0.25) is 5.91 Å². The Labute approximate surface area is 213 Å². The minimum Gasteiger partial charge on any atom is -0.464 e. The molecule has 0 unspecified atom stereocenters. The van der Waals surface area contributed by atoms with Crippen LogP contribution in [0.1, 0.15) is 36.0 Å². The fraction of sp³-hybridized carbons (Fsp3) is 0.333. The molecule has 1 saturated heterocycles. The number of halogens is 1. The van der Waals surface area contributed by atoms with Gasteiger partial charge in [0.25, 0.3) is 5.91 Å². The average Bonchev–Trinajstić information content (AvgIpc) is 3.66. The minimum absolute atomic E-state index is 0.0590. The van der Waals surface area contributed by atoms with Crippen LogP contribution in [-0.2, 0) is 27.4 Å². The second-order valence-electron chi connectivity index (χ2n) is 9.12. The second-order valence-corrected chi connectivity index (χ2v) is 9.12. The molecular weight excluding hydrogens is 477 g/mol. The summed E-state index contributed by atoms with van der Waals surface area (Å²) >= 11 is 0. The zero-order valence-electron chi connectivity index (χ0n) is 20.5. The Kier molecular flexibility index (Phi) is 7.27. The number of aryl methyl sites for hydroxylation is 1. The topological polar surface area (TPSA) is 102 Å². The summed E-state index contributed by atoms with van der Waals surface area (Å²) in [6.45, 7) is 2.70. The number of hydrogen-bond acceptors (Lipinski definition) is 6. The Balaban J connectivity index is 1.47. The lowest BCUT2D eigenvalue weighted by Crippen LogP contribution is -2.46. The Morgan fingerprint density at radius 3 is 2.70 bits per heavy atom. The Morgan fingerprint density at radius 2 is 1.97 bits per heavy atom. The number of ether oxygens (including phenoxy) is 1. The van der Waals surface area contributed by atoms with Gasteiger partial charge in [0.05, 0.1) is 11.6 Å². The predicted molar refractivity (Wildman–Crippen MR) is 133 cm³/mol. The third-order valence-corrected chi connectivity index (χ3v) is 6.41. The maximum Gasteiger partial charge on any atom is 0.250 e. The lowest BCUT2D eigenvalue weighted by Gasteiger charge is -2.30. The first kappa shape index (κ1) is 24.6. The highest BCUT2D eigenvalue weighted by atomic mass is 19.1. The molecule has 37 heavy (non-hydrogen) atoms. The molecule has 1 fully saturated rings. The summed E-state index contributed by atoms with van der Waals surface area (Å²) in [5, 5.41) is 11.2. The number of nitrogens with zero attached hydrogens (tertiary/aromatic N) is 4. The van der Waals surface area contributed by atoms with Crippen molar-refractivity contribution in [3.05, 3.63) is 83.6 Å². The van der Waals surface area contributed by atoms with E-state index in [0.29, 0.717) is 41.3 Å². The number of nitrogens with one attached hydrogen (secondary N) is 1. The second kappa shape index (κ2) is 10.9. The van der Waals surface area contributed by atoms with E-state index in [4.69, 9.17) is 9.15 Å². The molecule has 2 amide bonds. The molecule has 1 aliphatic heterocycles. The molecule has 2 aromatic heterocycles. The van der Waals surface area contributed by atoms with Crippen LogP contribution in [0.15, 0.2) is 65.1 Å². The fourth-order valence-electron chi connectivity index (χ4n) is 4.50. The van der Waals surface area contributed by atoms with Gasteiger partial charge < -0.3 is 19.4 Å². The van der Waals surface area contributed by atoms with Gasteiger partial charge in [-0.25, -0.2) is 9.07 Å². The summed E-state index contributed by atoms with van der Waals surface area (Å²) in [7, 11) is 0. The molecule has 2 aromatic carbocycles. The molecule has 3 heterocycles. The minimum atomic E-state index is -1.05. The lowest BCUT2D eigenvalue weighted by molar-refractivity contribution is -0.143. The van der Waals surface area contributed by atoms with Crippen LogP contribution < -0.4 is 5.32 Å². The van der Waals surface area contributed by atoms with Crippen LogP contribution in [0.25, 0.3) is 11.0 Å². The van der Waals surface area contributed by atoms with E-state index in [1.165, 1.54) is 21.7 Å². The quantitative estimate of drug-likeness (QED) is 0.373. The Hall–Kier alpha value is -4.05. The summed E-state index contributed by atoms with van der Waals surface area (Å²) in [5.74, 6) is -0.192. The van der Waals surface area contributed by atoms with Crippen LogP contribution in [0, 0.1) is 12.7 Å². The van der Waals surface area contributed by atoms with Crippen molar-refractivity contribution in [2.75, 3.05) is 13.2 Å². The maximum atomic E-state index is 13.8. The van der Waals surface area contributed by atoms with Crippen molar-refractivity contribution in [3.63, 3.8) is 0 Å². The molecule has 1 aliphatic rings. The van der Waals surface area contributed by atoms with Crippen molar-refractivity contribution in [1.82, 2.24) is 25.2 Å². The molecule has 192 valence electrons. The molecule has 4 aromatic rings. The van der Waals surface area contributed by atoms with Gasteiger partial charge in [0.1, 0.15) is 29.4 Å². The standard InChI is InChI=1S/C27H28FN5O4/c1-18-8-13-24(37-18)26(27(35)29-15-21-5-4-14-36-21)32(16-19-9-11-20(28)12-10-19)25(34)17-33-23-7-3-2-6-22(23)30-31-33/h2-3,6-13,21,26H,4-5,14-17H2,1H3,(H,29,35)/t21-,26-/m0/s1. The number of benzene rings is 2. The van der Waals surface area contributed by atoms with Crippen molar-refractivity contribution < 1.29 is 23.1 Å². The fourth-order valence-corrected chi connectivity index (χ4v) is 4.50. The zero-order chi connectivity index (χ0) is 25.8. The number of para-hydroxylation sites is 1. The van der Waals surface area contributed by atoms with Crippen molar-refractivity contribution in [3.8, 4) is 0 Å². The number of hydrogen-bond donors (Lipinski definition) is 1. The largest absolute Gasteiger partial charge is 0.464 e. The van der Waals surface area contributed by atoms with Crippen LogP contribution in [0.2, 0.25) is 0 Å². The molecule has 10 heteroatoms. The van der Waals surface area contributed by atoms with Crippen LogP contribution >= 0.6 is 0 Å². The molecule has 9 nitrogen and oxygen atoms in total. The summed E-state index contributed by atoms with van der Waals surface area (Å²) in [6, 6.07) is 15.6. The number of amides is 2. The van der Waals surface area contributed by atoms with E-state index >= 15 is 0 Å². The molecule has 0 aliphatic carbocycles. The molecule has 0 spiro atoms. The number of carbonyl (C=O) groups excluding carboxylic acids is 2. The molecule has 0 bridgehead atoms. The van der Waals surface area contributed by atoms with Crippen LogP contribution in [-0.4, -0.2) is 51.0 Å². The highest BCUT2D eigenvalue weighted by molar-refractivity contribution is 5.88. The first-order valence-electron chi connectivity index (χ1n) is 12.3. The number of carbonyl (C=O) groups is 2. The van der Waals surface area contributed by atoms with E-state index in [9.17, 15) is 14.0 Å². The van der Waals surface area contributed by atoms with E-state index in [2.05, 4.69) is 15.6 Å².